The van der Waals surface area contributed by atoms with Crippen molar-refractivity contribution in [3.05, 3.63) is 51.9 Å². The van der Waals surface area contributed by atoms with Crippen LogP contribution in [0.15, 0.2) is 40.3 Å². The van der Waals surface area contributed by atoms with Gasteiger partial charge in [0.05, 0.1) is 17.9 Å². The molecular weight excluding hydrogens is 390 g/mol. The lowest BCUT2D eigenvalue weighted by Gasteiger charge is -2.07. The molecule has 0 fully saturated rings. The van der Waals surface area contributed by atoms with Crippen LogP contribution in [0.4, 0.5) is 5.69 Å². The first-order chi connectivity index (χ1) is 14.0. The number of aryl methyl sites for hydroxylation is 1. The van der Waals surface area contributed by atoms with Crippen LogP contribution in [-0.2, 0) is 16.0 Å². The van der Waals surface area contributed by atoms with E-state index in [0.29, 0.717) is 23.0 Å². The fraction of sp³-hybridized carbons (Fsp3) is 0.429. The summed E-state index contributed by atoms with van der Waals surface area (Å²) in [6.45, 7) is 4.52. The Morgan fingerprint density at radius 2 is 1.90 bits per heavy atom. The normalized spacial score (nSPS) is 10.6. The Morgan fingerprint density at radius 3 is 2.59 bits per heavy atom. The standard InChI is InChI=1S/C21H27N3O4S/c1-3-5-6-12-28-20(27)15-8-10-16(11-9-15)22-19(26)14-29-21-23-17(7-4-2)13-18(25)24-21/h8-11,13H,3-7,12,14H2,1-2H3,(H,22,26)(H,23,24,25). The number of hydrogen-bond acceptors (Lipinski definition) is 6. The summed E-state index contributed by atoms with van der Waals surface area (Å²) in [7, 11) is 0. The number of nitrogens with one attached hydrogen (secondary N) is 2. The summed E-state index contributed by atoms with van der Waals surface area (Å²) < 4.78 is 5.21. The predicted molar refractivity (Wildman–Crippen MR) is 114 cm³/mol. The number of benzene rings is 1. The quantitative estimate of drug-likeness (QED) is 0.250. The molecule has 0 saturated heterocycles. The first-order valence-electron chi connectivity index (χ1n) is 9.82. The summed E-state index contributed by atoms with van der Waals surface area (Å²) in [6, 6.07) is 8.04. The van der Waals surface area contributed by atoms with Gasteiger partial charge < -0.3 is 15.0 Å². The average Bonchev–Trinajstić information content (AvgIpc) is 2.70. The highest BCUT2D eigenvalue weighted by molar-refractivity contribution is 7.99. The zero-order valence-electron chi connectivity index (χ0n) is 16.8. The van der Waals surface area contributed by atoms with Gasteiger partial charge >= 0.3 is 5.97 Å². The molecule has 2 aromatic rings. The number of unbranched alkanes of at least 4 members (excludes halogenated alkanes) is 2. The predicted octanol–water partition coefficient (Wildman–Crippen LogP) is 3.80. The Balaban J connectivity index is 1.83. The highest BCUT2D eigenvalue weighted by Gasteiger charge is 2.09. The van der Waals surface area contributed by atoms with Crippen molar-refractivity contribution in [2.75, 3.05) is 17.7 Å². The number of aromatic nitrogens is 2. The summed E-state index contributed by atoms with van der Waals surface area (Å²) in [5.74, 6) is -0.482. The van der Waals surface area contributed by atoms with Gasteiger partial charge in [-0.05, 0) is 37.1 Å². The summed E-state index contributed by atoms with van der Waals surface area (Å²) in [5.41, 5.74) is 1.53. The van der Waals surface area contributed by atoms with Crippen molar-refractivity contribution in [1.82, 2.24) is 9.97 Å². The van der Waals surface area contributed by atoms with E-state index in [-0.39, 0.29) is 23.2 Å². The average molecular weight is 418 g/mol. The second-order valence-corrected chi connectivity index (χ2v) is 7.51. The van der Waals surface area contributed by atoms with Gasteiger partial charge in [0.25, 0.3) is 5.56 Å². The molecular formula is C21H27N3O4S. The lowest BCUT2D eigenvalue weighted by atomic mass is 10.2. The molecule has 0 aliphatic heterocycles. The van der Waals surface area contributed by atoms with Crippen LogP contribution in [0.2, 0.25) is 0 Å². The van der Waals surface area contributed by atoms with Crippen LogP contribution in [0.5, 0.6) is 0 Å². The van der Waals surface area contributed by atoms with Crippen LogP contribution >= 0.6 is 11.8 Å². The Hall–Kier alpha value is -2.61. The van der Waals surface area contributed by atoms with E-state index in [1.807, 2.05) is 6.92 Å². The number of amides is 1. The van der Waals surface area contributed by atoms with Crippen LogP contribution in [-0.4, -0.2) is 34.2 Å². The minimum atomic E-state index is -0.364. The molecule has 0 bridgehead atoms. The third-order valence-electron chi connectivity index (χ3n) is 4.00. The molecule has 156 valence electrons. The number of nitrogens with zero attached hydrogens (tertiary/aromatic N) is 1. The van der Waals surface area contributed by atoms with E-state index >= 15 is 0 Å². The summed E-state index contributed by atoms with van der Waals surface area (Å²) in [6.07, 6.45) is 4.57. The number of esters is 1. The Morgan fingerprint density at radius 1 is 1.14 bits per heavy atom. The monoisotopic (exact) mass is 417 g/mol. The molecule has 7 nitrogen and oxygen atoms in total. The molecule has 1 heterocycles. The highest BCUT2D eigenvalue weighted by Crippen LogP contribution is 2.15. The minimum absolute atomic E-state index is 0.111. The van der Waals surface area contributed by atoms with Gasteiger partial charge in [-0.1, -0.05) is 44.9 Å². The van der Waals surface area contributed by atoms with Crippen molar-refractivity contribution in [2.24, 2.45) is 0 Å². The van der Waals surface area contributed by atoms with Crippen molar-refractivity contribution in [3.63, 3.8) is 0 Å². The molecule has 29 heavy (non-hydrogen) atoms. The van der Waals surface area contributed by atoms with Crippen molar-refractivity contribution in [1.29, 1.82) is 0 Å². The lowest BCUT2D eigenvalue weighted by Crippen LogP contribution is -2.16. The van der Waals surface area contributed by atoms with E-state index in [1.165, 1.54) is 17.8 Å². The van der Waals surface area contributed by atoms with Gasteiger partial charge in [-0.2, -0.15) is 0 Å². The number of H-pyrrole nitrogens is 1. The van der Waals surface area contributed by atoms with Crippen molar-refractivity contribution >= 4 is 29.3 Å². The fourth-order valence-corrected chi connectivity index (χ4v) is 3.25. The van der Waals surface area contributed by atoms with Crippen molar-refractivity contribution < 1.29 is 14.3 Å². The van der Waals surface area contributed by atoms with Gasteiger partial charge in [0.15, 0.2) is 5.16 Å². The van der Waals surface area contributed by atoms with E-state index in [0.717, 1.165) is 37.8 Å². The molecule has 0 saturated carbocycles. The van der Waals surface area contributed by atoms with E-state index < -0.39 is 0 Å². The summed E-state index contributed by atoms with van der Waals surface area (Å²) in [5, 5.41) is 3.19. The topological polar surface area (TPSA) is 101 Å². The molecule has 0 aliphatic rings. The summed E-state index contributed by atoms with van der Waals surface area (Å²) >= 11 is 1.17. The van der Waals surface area contributed by atoms with E-state index in [4.69, 9.17) is 4.74 Å². The highest BCUT2D eigenvalue weighted by atomic mass is 32.2. The number of rotatable bonds is 11. The maximum Gasteiger partial charge on any atom is 0.338 e. The molecule has 1 amide bonds. The van der Waals surface area contributed by atoms with Crippen LogP contribution in [0.3, 0.4) is 0 Å². The van der Waals surface area contributed by atoms with Gasteiger partial charge in [0.1, 0.15) is 0 Å². The molecule has 0 unspecified atom stereocenters. The second kappa shape index (κ2) is 12.1. The maximum atomic E-state index is 12.2. The van der Waals surface area contributed by atoms with Crippen molar-refractivity contribution in [3.8, 4) is 0 Å². The zero-order valence-corrected chi connectivity index (χ0v) is 17.6. The van der Waals surface area contributed by atoms with Crippen LogP contribution < -0.4 is 10.9 Å². The van der Waals surface area contributed by atoms with Crippen LogP contribution in [0, 0.1) is 0 Å². The van der Waals surface area contributed by atoms with E-state index in [2.05, 4.69) is 22.2 Å². The van der Waals surface area contributed by atoms with Gasteiger partial charge in [-0.15, -0.1) is 0 Å². The molecule has 1 aromatic heterocycles. The SMILES string of the molecule is CCCCCOC(=O)c1ccc(NC(=O)CSc2nc(CCC)cc(=O)[nH]2)cc1. The Bertz CT molecular complexity index is 865. The Kier molecular flexibility index (Phi) is 9.43. The Labute approximate surface area is 174 Å². The third kappa shape index (κ3) is 8.11. The van der Waals surface area contributed by atoms with Gasteiger partial charge in [0, 0.05) is 17.4 Å². The molecule has 2 N–H and O–H groups in total. The van der Waals surface area contributed by atoms with E-state index in [1.54, 1.807) is 24.3 Å². The molecule has 0 radical (unpaired) electrons. The van der Waals surface area contributed by atoms with Crippen LogP contribution in [0.1, 0.15) is 55.6 Å². The van der Waals surface area contributed by atoms with Crippen molar-refractivity contribution in [2.45, 2.75) is 51.1 Å². The number of ether oxygens (including phenoxy) is 1. The number of anilines is 1. The molecule has 2 rings (SSSR count). The number of aromatic amines is 1. The maximum absolute atomic E-state index is 12.2. The second-order valence-electron chi connectivity index (χ2n) is 6.55. The lowest BCUT2D eigenvalue weighted by molar-refractivity contribution is -0.113. The largest absolute Gasteiger partial charge is 0.462 e. The molecule has 1 aromatic carbocycles. The number of carbonyl (C=O) groups is 2. The zero-order chi connectivity index (χ0) is 21.1. The molecule has 0 spiro atoms. The van der Waals surface area contributed by atoms with Crippen LogP contribution in [0.25, 0.3) is 0 Å². The first kappa shape index (κ1) is 22.7. The van der Waals surface area contributed by atoms with E-state index in [9.17, 15) is 14.4 Å². The first-order valence-corrected chi connectivity index (χ1v) is 10.8. The van der Waals surface area contributed by atoms with Gasteiger partial charge in [0.2, 0.25) is 5.91 Å². The fourth-order valence-electron chi connectivity index (χ4n) is 2.56. The number of hydrogen-bond donors (Lipinski definition) is 2. The number of thioether (sulfide) groups is 1. The van der Waals surface area contributed by atoms with Gasteiger partial charge in [-0.25, -0.2) is 9.78 Å². The minimum Gasteiger partial charge on any atom is -0.462 e. The van der Waals surface area contributed by atoms with Gasteiger partial charge in [-0.3, -0.25) is 9.59 Å². The molecule has 0 aliphatic carbocycles. The number of carbonyl (C=O) groups excluding carboxylic acids is 2. The summed E-state index contributed by atoms with van der Waals surface area (Å²) in [4.78, 5) is 42.8. The molecule has 8 heteroatoms. The third-order valence-corrected chi connectivity index (χ3v) is 4.88. The molecule has 0 atom stereocenters. The smallest absolute Gasteiger partial charge is 0.338 e.